The fourth-order valence-corrected chi connectivity index (χ4v) is 3.20. The number of alkyl halides is 1. The van der Waals surface area contributed by atoms with Gasteiger partial charge in [0.15, 0.2) is 5.54 Å². The molecule has 3 rings (SSSR count). The molecule has 2 heterocycles. The fraction of sp³-hybridized carbons (Fsp3) is 0.304. The Morgan fingerprint density at radius 2 is 1.83 bits per heavy atom. The van der Waals surface area contributed by atoms with Gasteiger partial charge in [-0.3, -0.25) is 4.98 Å². The maximum absolute atomic E-state index is 13.8. The van der Waals surface area contributed by atoms with E-state index in [2.05, 4.69) is 18.0 Å². The van der Waals surface area contributed by atoms with Gasteiger partial charge in [-0.15, -0.1) is 0 Å². The average Bonchev–Trinajstić information content (AvgIpc) is 3.29. The lowest BCUT2D eigenvalue weighted by Gasteiger charge is -2.28. The minimum Gasteiger partial charge on any atom is -0.493 e. The summed E-state index contributed by atoms with van der Waals surface area (Å²) in [6.07, 6.45) is 6.74. The van der Waals surface area contributed by atoms with Gasteiger partial charge in [-0.25, -0.2) is 9.18 Å². The number of benzene rings is 1. The molecule has 0 saturated carbocycles. The van der Waals surface area contributed by atoms with E-state index in [0.29, 0.717) is 18.8 Å². The summed E-state index contributed by atoms with van der Waals surface area (Å²) in [5.41, 5.74) is 1.25. The van der Waals surface area contributed by atoms with Gasteiger partial charge in [0.2, 0.25) is 0 Å². The van der Waals surface area contributed by atoms with E-state index < -0.39 is 18.2 Å². The van der Waals surface area contributed by atoms with E-state index in [4.69, 9.17) is 4.74 Å². The summed E-state index contributed by atoms with van der Waals surface area (Å²) in [6, 6.07) is 14.6. The lowest BCUT2D eigenvalue weighted by Crippen LogP contribution is -2.45. The highest BCUT2D eigenvalue weighted by molar-refractivity contribution is 5.77. The quantitative estimate of drug-likeness (QED) is 0.561. The van der Waals surface area contributed by atoms with Crippen molar-refractivity contribution in [2.75, 3.05) is 13.3 Å². The van der Waals surface area contributed by atoms with Gasteiger partial charge in [0.05, 0.1) is 6.61 Å². The standard InChI is InChI=1S/C23H25FN2O3/c1-2-18-5-8-20(25-16-18)11-14-29-21-9-6-19(7-10-21)15-23(17-24,22(27)28)26-12-3-4-13-26/h3-10,12-13,16H,2,11,14-15,17H2,1H3,(H,27,28)/t23-/m1/s1. The number of carbonyl (C=O) groups is 1. The Bertz CT molecular complexity index is 908. The second-order valence-corrected chi connectivity index (χ2v) is 6.99. The monoisotopic (exact) mass is 396 g/mol. The third-order valence-electron chi connectivity index (χ3n) is 5.06. The van der Waals surface area contributed by atoms with Crippen LogP contribution in [-0.4, -0.2) is 33.9 Å². The number of aryl methyl sites for hydroxylation is 1. The number of ether oxygens (including phenoxy) is 1. The van der Waals surface area contributed by atoms with E-state index >= 15 is 0 Å². The van der Waals surface area contributed by atoms with Crippen molar-refractivity contribution in [3.63, 3.8) is 0 Å². The van der Waals surface area contributed by atoms with Gasteiger partial charge in [0.25, 0.3) is 0 Å². The number of hydrogen-bond acceptors (Lipinski definition) is 3. The molecule has 2 aromatic heterocycles. The van der Waals surface area contributed by atoms with Crippen LogP contribution in [0.25, 0.3) is 0 Å². The Balaban J connectivity index is 1.61. The molecule has 0 aliphatic rings. The van der Waals surface area contributed by atoms with Crippen LogP contribution in [0.4, 0.5) is 4.39 Å². The molecule has 0 aliphatic carbocycles. The van der Waals surface area contributed by atoms with E-state index in [0.717, 1.165) is 17.7 Å². The molecule has 0 unspecified atom stereocenters. The van der Waals surface area contributed by atoms with Crippen LogP contribution in [0, 0.1) is 0 Å². The third-order valence-corrected chi connectivity index (χ3v) is 5.06. The molecular formula is C23H25FN2O3. The maximum Gasteiger partial charge on any atom is 0.332 e. The number of hydrogen-bond donors (Lipinski definition) is 1. The van der Waals surface area contributed by atoms with E-state index in [1.54, 1.807) is 48.8 Å². The van der Waals surface area contributed by atoms with Gasteiger partial charge in [-0.1, -0.05) is 25.1 Å². The summed E-state index contributed by atoms with van der Waals surface area (Å²) < 4.78 is 21.0. The maximum atomic E-state index is 13.8. The first-order chi connectivity index (χ1) is 14.1. The smallest absolute Gasteiger partial charge is 0.332 e. The van der Waals surface area contributed by atoms with Crippen molar-refractivity contribution in [3.05, 3.63) is 83.9 Å². The normalized spacial score (nSPS) is 13.0. The molecule has 1 aromatic carbocycles. The van der Waals surface area contributed by atoms with Crippen LogP contribution >= 0.6 is 0 Å². The predicted molar refractivity (Wildman–Crippen MR) is 109 cm³/mol. The molecule has 5 nitrogen and oxygen atoms in total. The summed E-state index contributed by atoms with van der Waals surface area (Å²) in [7, 11) is 0. The second kappa shape index (κ2) is 9.37. The molecule has 0 radical (unpaired) electrons. The fourth-order valence-electron chi connectivity index (χ4n) is 3.20. The zero-order valence-electron chi connectivity index (χ0n) is 16.4. The van der Waals surface area contributed by atoms with Crippen molar-refractivity contribution in [2.45, 2.75) is 31.7 Å². The average molecular weight is 396 g/mol. The van der Waals surface area contributed by atoms with Crippen molar-refractivity contribution in [1.82, 2.24) is 9.55 Å². The highest BCUT2D eigenvalue weighted by atomic mass is 19.1. The lowest BCUT2D eigenvalue weighted by atomic mass is 9.91. The van der Waals surface area contributed by atoms with Crippen molar-refractivity contribution in [2.24, 2.45) is 0 Å². The molecule has 0 saturated heterocycles. The van der Waals surface area contributed by atoms with Gasteiger partial charge >= 0.3 is 5.97 Å². The minimum atomic E-state index is -1.65. The topological polar surface area (TPSA) is 64.3 Å². The summed E-state index contributed by atoms with van der Waals surface area (Å²) >= 11 is 0. The Kier molecular flexibility index (Phi) is 6.65. The minimum absolute atomic E-state index is 0.0431. The van der Waals surface area contributed by atoms with Crippen molar-refractivity contribution >= 4 is 5.97 Å². The van der Waals surface area contributed by atoms with Gasteiger partial charge in [-0.2, -0.15) is 0 Å². The second-order valence-electron chi connectivity index (χ2n) is 6.99. The number of carboxylic acids is 1. The molecule has 29 heavy (non-hydrogen) atoms. The molecule has 0 bridgehead atoms. The van der Waals surface area contributed by atoms with Crippen LogP contribution in [0.1, 0.15) is 23.7 Å². The molecule has 1 atom stereocenters. The molecule has 1 N–H and O–H groups in total. The van der Waals surface area contributed by atoms with E-state index in [-0.39, 0.29) is 6.42 Å². The van der Waals surface area contributed by atoms with Gasteiger partial charge in [-0.05, 0) is 47.9 Å². The molecule has 6 heteroatoms. The first-order valence-corrected chi connectivity index (χ1v) is 9.66. The summed E-state index contributed by atoms with van der Waals surface area (Å²) in [6.45, 7) is 1.58. The van der Waals surface area contributed by atoms with Crippen LogP contribution in [0.15, 0.2) is 67.1 Å². The molecule has 0 amide bonds. The number of rotatable bonds is 10. The zero-order chi connectivity index (χ0) is 20.7. The van der Waals surface area contributed by atoms with Gasteiger partial charge in [0.1, 0.15) is 12.4 Å². The highest BCUT2D eigenvalue weighted by Gasteiger charge is 2.40. The van der Waals surface area contributed by atoms with E-state index in [1.165, 1.54) is 10.1 Å². The van der Waals surface area contributed by atoms with Crippen LogP contribution in [0.5, 0.6) is 5.75 Å². The number of halogens is 1. The molecule has 3 aromatic rings. The predicted octanol–water partition coefficient (Wildman–Crippen LogP) is 4.06. The van der Waals surface area contributed by atoms with Crippen molar-refractivity contribution in [1.29, 1.82) is 0 Å². The Hall–Kier alpha value is -3.15. The number of aliphatic carboxylic acids is 1. The van der Waals surface area contributed by atoms with Gasteiger partial charge in [0, 0.05) is 37.1 Å². The molecule has 0 spiro atoms. The van der Waals surface area contributed by atoms with Crippen LogP contribution in [0.2, 0.25) is 0 Å². The van der Waals surface area contributed by atoms with Crippen LogP contribution in [-0.2, 0) is 29.6 Å². The highest BCUT2D eigenvalue weighted by Crippen LogP contribution is 2.25. The van der Waals surface area contributed by atoms with E-state index in [1.807, 2.05) is 12.3 Å². The van der Waals surface area contributed by atoms with Crippen LogP contribution < -0.4 is 4.74 Å². The van der Waals surface area contributed by atoms with Crippen molar-refractivity contribution in [3.8, 4) is 5.75 Å². The van der Waals surface area contributed by atoms with Gasteiger partial charge < -0.3 is 14.4 Å². The largest absolute Gasteiger partial charge is 0.493 e. The molecule has 0 fully saturated rings. The number of nitrogens with zero attached hydrogens (tertiary/aromatic N) is 2. The lowest BCUT2D eigenvalue weighted by molar-refractivity contribution is -0.148. The first-order valence-electron chi connectivity index (χ1n) is 9.66. The molecule has 0 aliphatic heterocycles. The Morgan fingerprint density at radius 1 is 1.14 bits per heavy atom. The first kappa shape index (κ1) is 20.6. The Morgan fingerprint density at radius 3 is 2.38 bits per heavy atom. The summed E-state index contributed by atoms with van der Waals surface area (Å²) in [5.74, 6) is -0.515. The Labute approximate surface area is 169 Å². The molecular weight excluding hydrogens is 371 g/mol. The molecule has 152 valence electrons. The van der Waals surface area contributed by atoms with Crippen LogP contribution in [0.3, 0.4) is 0 Å². The van der Waals surface area contributed by atoms with E-state index in [9.17, 15) is 14.3 Å². The number of carboxylic acid groups (broad SMARTS) is 1. The third kappa shape index (κ3) is 4.83. The SMILES string of the molecule is CCc1ccc(CCOc2ccc(C[C@@](CF)(C(=O)O)n3cccc3)cc2)nc1. The zero-order valence-corrected chi connectivity index (χ0v) is 16.4. The summed E-state index contributed by atoms with van der Waals surface area (Å²) in [5, 5.41) is 9.68. The number of pyridine rings is 1. The van der Waals surface area contributed by atoms with Crippen molar-refractivity contribution < 1.29 is 19.0 Å². The number of aromatic nitrogens is 2. The summed E-state index contributed by atoms with van der Waals surface area (Å²) in [4.78, 5) is 16.3.